The summed E-state index contributed by atoms with van der Waals surface area (Å²) in [6.07, 6.45) is 0. The zero-order valence-corrected chi connectivity index (χ0v) is 16.8. The van der Waals surface area contributed by atoms with Crippen LogP contribution in [0.25, 0.3) is 22.3 Å². The molecule has 2 aromatic carbocycles. The van der Waals surface area contributed by atoms with Gasteiger partial charge in [-0.05, 0) is 48.1 Å². The van der Waals surface area contributed by atoms with Crippen LogP contribution < -0.4 is 10.2 Å². The molecule has 1 N–H and O–H groups in total. The minimum atomic E-state index is -1.16. The van der Waals surface area contributed by atoms with Gasteiger partial charge in [-0.25, -0.2) is 4.79 Å². The van der Waals surface area contributed by atoms with Crippen LogP contribution in [0.4, 0.5) is 0 Å². The average Bonchev–Trinajstić information content (AvgIpc) is 2.62. The maximum atomic E-state index is 13.0. The largest absolute Gasteiger partial charge is 0.479 e. The van der Waals surface area contributed by atoms with Crippen molar-refractivity contribution in [3.05, 3.63) is 63.3 Å². The van der Waals surface area contributed by atoms with Crippen molar-refractivity contribution in [2.24, 2.45) is 0 Å². The lowest BCUT2D eigenvalue weighted by molar-refractivity contribution is -0.139. The number of hydrogen-bond acceptors (Lipinski definition) is 4. The van der Waals surface area contributed by atoms with Crippen LogP contribution in [-0.2, 0) is 10.2 Å². The molecule has 146 valence electrons. The Balaban J connectivity index is 2.24. The molecule has 0 bridgehead atoms. The molecular weight excluding hydrogens is 356 g/mol. The Morgan fingerprint density at radius 2 is 1.68 bits per heavy atom. The van der Waals surface area contributed by atoms with Crippen molar-refractivity contribution in [2.45, 2.75) is 40.0 Å². The van der Waals surface area contributed by atoms with Crippen molar-refractivity contribution in [3.63, 3.8) is 0 Å². The van der Waals surface area contributed by atoms with E-state index in [0.29, 0.717) is 16.5 Å². The van der Waals surface area contributed by atoms with Crippen LogP contribution in [0.15, 0.2) is 45.6 Å². The van der Waals surface area contributed by atoms with E-state index in [-0.39, 0.29) is 22.4 Å². The molecule has 0 radical (unpaired) electrons. The molecule has 1 heterocycles. The van der Waals surface area contributed by atoms with Crippen molar-refractivity contribution in [1.29, 1.82) is 0 Å². The van der Waals surface area contributed by atoms with E-state index >= 15 is 0 Å². The van der Waals surface area contributed by atoms with E-state index < -0.39 is 12.6 Å². The molecule has 3 rings (SSSR count). The first-order chi connectivity index (χ1) is 13.1. The molecule has 0 aliphatic carbocycles. The number of aryl methyl sites for hydroxylation is 2. The van der Waals surface area contributed by atoms with Gasteiger partial charge in [-0.2, -0.15) is 0 Å². The van der Waals surface area contributed by atoms with E-state index in [1.807, 2.05) is 44.2 Å². The fourth-order valence-corrected chi connectivity index (χ4v) is 3.01. The molecule has 0 atom stereocenters. The molecule has 0 saturated carbocycles. The SMILES string of the molecule is Cc1cc2oc(-c3ccc(C(C)(C)C)cc3)c(OCC(=O)O)c(=O)c2cc1C. The predicted octanol–water partition coefficient (Wildman–Crippen LogP) is 4.84. The average molecular weight is 380 g/mol. The van der Waals surface area contributed by atoms with Crippen molar-refractivity contribution in [1.82, 2.24) is 0 Å². The summed E-state index contributed by atoms with van der Waals surface area (Å²) in [6, 6.07) is 11.2. The van der Waals surface area contributed by atoms with E-state index in [2.05, 4.69) is 20.8 Å². The molecule has 5 heteroatoms. The molecule has 0 aliphatic heterocycles. The standard InChI is InChI=1S/C23H24O5/c1-13-10-17-18(11-14(13)2)28-21(22(20(17)26)27-12-19(24)25)15-6-8-16(9-7-15)23(3,4)5/h6-11H,12H2,1-5H3,(H,24,25). The Kier molecular flexibility index (Phi) is 5.02. The van der Waals surface area contributed by atoms with Gasteiger partial charge < -0.3 is 14.3 Å². The highest BCUT2D eigenvalue weighted by molar-refractivity contribution is 5.83. The summed E-state index contributed by atoms with van der Waals surface area (Å²) in [5.41, 5.74) is 3.81. The quantitative estimate of drug-likeness (QED) is 0.701. The fourth-order valence-electron chi connectivity index (χ4n) is 3.01. The Morgan fingerprint density at radius 3 is 2.25 bits per heavy atom. The summed E-state index contributed by atoms with van der Waals surface area (Å²) in [7, 11) is 0. The summed E-state index contributed by atoms with van der Waals surface area (Å²) in [4.78, 5) is 24.0. The maximum absolute atomic E-state index is 13.0. The van der Waals surface area contributed by atoms with Gasteiger partial charge in [0.25, 0.3) is 0 Å². The molecule has 0 unspecified atom stereocenters. The van der Waals surface area contributed by atoms with Crippen LogP contribution in [0.3, 0.4) is 0 Å². The number of fused-ring (bicyclic) bond motifs is 1. The minimum Gasteiger partial charge on any atom is -0.479 e. The molecule has 0 aliphatic rings. The first kappa shape index (κ1) is 19.7. The molecule has 3 aromatic rings. The van der Waals surface area contributed by atoms with Crippen molar-refractivity contribution in [2.75, 3.05) is 6.61 Å². The summed E-state index contributed by atoms with van der Waals surface area (Å²) in [6.45, 7) is 9.58. The van der Waals surface area contributed by atoms with E-state index in [1.165, 1.54) is 0 Å². The lowest BCUT2D eigenvalue weighted by Gasteiger charge is -2.19. The van der Waals surface area contributed by atoms with Crippen LogP contribution in [-0.4, -0.2) is 17.7 Å². The van der Waals surface area contributed by atoms with Crippen LogP contribution in [0.2, 0.25) is 0 Å². The summed E-state index contributed by atoms with van der Waals surface area (Å²) in [5, 5.41) is 9.36. The second kappa shape index (κ2) is 7.15. The number of hydrogen-bond donors (Lipinski definition) is 1. The molecule has 0 fully saturated rings. The number of carbonyl (C=O) groups is 1. The molecule has 0 spiro atoms. The van der Waals surface area contributed by atoms with Crippen LogP contribution >= 0.6 is 0 Å². The highest BCUT2D eigenvalue weighted by atomic mass is 16.5. The van der Waals surface area contributed by atoms with Crippen LogP contribution in [0.5, 0.6) is 5.75 Å². The van der Waals surface area contributed by atoms with Crippen molar-refractivity contribution < 1.29 is 19.1 Å². The van der Waals surface area contributed by atoms with E-state index in [9.17, 15) is 9.59 Å². The molecule has 1 aromatic heterocycles. The van der Waals surface area contributed by atoms with Crippen LogP contribution in [0.1, 0.15) is 37.5 Å². The molecular formula is C23H24O5. The van der Waals surface area contributed by atoms with Gasteiger partial charge in [-0.3, -0.25) is 4.79 Å². The van der Waals surface area contributed by atoms with E-state index in [0.717, 1.165) is 16.7 Å². The number of rotatable bonds is 4. The zero-order valence-electron chi connectivity index (χ0n) is 16.8. The zero-order chi connectivity index (χ0) is 20.6. The van der Waals surface area contributed by atoms with Gasteiger partial charge in [0, 0.05) is 5.56 Å². The Bertz CT molecular complexity index is 1100. The highest BCUT2D eigenvalue weighted by Crippen LogP contribution is 2.33. The number of benzene rings is 2. The van der Waals surface area contributed by atoms with Crippen LogP contribution in [0, 0.1) is 13.8 Å². The predicted molar refractivity (Wildman–Crippen MR) is 109 cm³/mol. The van der Waals surface area contributed by atoms with Gasteiger partial charge >= 0.3 is 5.97 Å². The monoisotopic (exact) mass is 380 g/mol. The third kappa shape index (κ3) is 3.79. The molecule has 5 nitrogen and oxygen atoms in total. The van der Waals surface area contributed by atoms with Gasteiger partial charge in [-0.1, -0.05) is 45.0 Å². The first-order valence-electron chi connectivity index (χ1n) is 9.11. The maximum Gasteiger partial charge on any atom is 0.341 e. The highest BCUT2D eigenvalue weighted by Gasteiger charge is 2.20. The molecule has 28 heavy (non-hydrogen) atoms. The first-order valence-corrected chi connectivity index (χ1v) is 9.11. The van der Waals surface area contributed by atoms with E-state index in [1.54, 1.807) is 6.07 Å². The third-order valence-electron chi connectivity index (χ3n) is 4.82. The van der Waals surface area contributed by atoms with Gasteiger partial charge in [0.2, 0.25) is 11.2 Å². The number of aliphatic carboxylic acids is 1. The summed E-state index contributed by atoms with van der Waals surface area (Å²) >= 11 is 0. The lowest BCUT2D eigenvalue weighted by atomic mass is 9.86. The fraction of sp³-hybridized carbons (Fsp3) is 0.304. The topological polar surface area (TPSA) is 76.7 Å². The second-order valence-corrected chi connectivity index (χ2v) is 8.03. The third-order valence-corrected chi connectivity index (χ3v) is 4.82. The van der Waals surface area contributed by atoms with Gasteiger partial charge in [-0.15, -0.1) is 0 Å². The smallest absolute Gasteiger partial charge is 0.341 e. The molecule has 0 saturated heterocycles. The van der Waals surface area contributed by atoms with Gasteiger partial charge in [0.05, 0.1) is 5.39 Å². The number of carboxylic acid groups (broad SMARTS) is 1. The summed E-state index contributed by atoms with van der Waals surface area (Å²) < 4.78 is 11.4. The number of ether oxygens (including phenoxy) is 1. The molecule has 0 amide bonds. The number of carboxylic acids is 1. The van der Waals surface area contributed by atoms with Crippen molar-refractivity contribution >= 4 is 16.9 Å². The van der Waals surface area contributed by atoms with Crippen molar-refractivity contribution in [3.8, 4) is 17.1 Å². The normalized spacial score (nSPS) is 11.6. The second-order valence-electron chi connectivity index (χ2n) is 8.03. The lowest BCUT2D eigenvalue weighted by Crippen LogP contribution is -2.16. The minimum absolute atomic E-state index is 0.0139. The Hall–Kier alpha value is -3.08. The Labute approximate surface area is 163 Å². The van der Waals surface area contributed by atoms with E-state index in [4.69, 9.17) is 14.3 Å². The van der Waals surface area contributed by atoms with Gasteiger partial charge in [0.15, 0.2) is 12.4 Å². The summed E-state index contributed by atoms with van der Waals surface area (Å²) in [5.74, 6) is -1.00. The Morgan fingerprint density at radius 1 is 1.07 bits per heavy atom. The van der Waals surface area contributed by atoms with Gasteiger partial charge in [0.1, 0.15) is 5.58 Å².